The Labute approximate surface area is 97.9 Å². The highest BCUT2D eigenvalue weighted by molar-refractivity contribution is 7.07. The molecule has 0 spiro atoms. The van der Waals surface area contributed by atoms with E-state index in [0.29, 0.717) is 12.1 Å². The number of H-pyrrole nitrogens is 1. The Morgan fingerprint density at radius 2 is 2.44 bits per heavy atom. The zero-order valence-electron chi connectivity index (χ0n) is 9.23. The van der Waals surface area contributed by atoms with Crippen molar-refractivity contribution < 1.29 is 4.79 Å². The second-order valence-electron chi connectivity index (χ2n) is 3.70. The molecule has 0 aliphatic carbocycles. The van der Waals surface area contributed by atoms with Crippen LogP contribution in [-0.2, 0) is 6.54 Å². The summed E-state index contributed by atoms with van der Waals surface area (Å²) in [6.45, 7) is 2.48. The molecule has 0 aliphatic rings. The van der Waals surface area contributed by atoms with E-state index in [1.165, 1.54) is 0 Å². The smallest absolute Gasteiger partial charge is 0.257 e. The first-order chi connectivity index (χ1) is 7.68. The summed E-state index contributed by atoms with van der Waals surface area (Å²) >= 11 is 1.64. The zero-order valence-corrected chi connectivity index (χ0v) is 10.0. The Balaban J connectivity index is 2.08. The first-order valence-electron chi connectivity index (χ1n) is 4.95. The minimum atomic E-state index is -0.00236. The van der Waals surface area contributed by atoms with Gasteiger partial charge in [-0.3, -0.25) is 9.89 Å². The molecule has 0 aliphatic heterocycles. The van der Waals surface area contributed by atoms with Gasteiger partial charge in [-0.15, -0.1) is 0 Å². The monoisotopic (exact) mass is 235 g/mol. The fourth-order valence-electron chi connectivity index (χ4n) is 1.50. The molecule has 2 heterocycles. The molecule has 0 fully saturated rings. The van der Waals surface area contributed by atoms with E-state index in [-0.39, 0.29) is 5.91 Å². The summed E-state index contributed by atoms with van der Waals surface area (Å²) in [6, 6.07) is 2.02. The van der Waals surface area contributed by atoms with Gasteiger partial charge in [-0.05, 0) is 29.3 Å². The van der Waals surface area contributed by atoms with Crippen molar-refractivity contribution in [2.24, 2.45) is 0 Å². The van der Waals surface area contributed by atoms with Crippen LogP contribution in [0.25, 0.3) is 0 Å². The largest absolute Gasteiger partial charge is 0.337 e. The van der Waals surface area contributed by atoms with E-state index in [1.807, 2.05) is 23.8 Å². The molecule has 2 aromatic rings. The fourth-order valence-corrected chi connectivity index (χ4v) is 2.16. The van der Waals surface area contributed by atoms with E-state index >= 15 is 0 Å². The molecule has 1 amide bonds. The molecule has 0 atom stereocenters. The summed E-state index contributed by atoms with van der Waals surface area (Å²) in [5, 5.41) is 10.7. The normalized spacial score (nSPS) is 10.4. The van der Waals surface area contributed by atoms with Gasteiger partial charge in [0.15, 0.2) is 0 Å². The van der Waals surface area contributed by atoms with E-state index in [9.17, 15) is 4.79 Å². The number of aryl methyl sites for hydroxylation is 1. The Bertz CT molecular complexity index is 475. The third kappa shape index (κ3) is 2.14. The number of aromatic nitrogens is 2. The first-order valence-corrected chi connectivity index (χ1v) is 5.89. The standard InChI is InChI=1S/C11H13N3OS/c1-8-10(5-12-13-8)11(15)14(2)6-9-3-4-16-7-9/h3-5,7H,6H2,1-2H3,(H,12,13). The number of carbonyl (C=O) groups excluding carboxylic acids is 1. The molecule has 16 heavy (non-hydrogen) atoms. The van der Waals surface area contributed by atoms with Crippen molar-refractivity contribution in [2.75, 3.05) is 7.05 Å². The van der Waals surface area contributed by atoms with Gasteiger partial charge < -0.3 is 4.90 Å². The topological polar surface area (TPSA) is 49.0 Å². The van der Waals surface area contributed by atoms with Crippen LogP contribution in [0.5, 0.6) is 0 Å². The van der Waals surface area contributed by atoms with E-state index in [1.54, 1.807) is 29.5 Å². The molecule has 2 rings (SSSR count). The lowest BCUT2D eigenvalue weighted by atomic mass is 10.2. The molecule has 4 nitrogen and oxygen atoms in total. The molecule has 5 heteroatoms. The van der Waals surface area contributed by atoms with Crippen molar-refractivity contribution in [3.63, 3.8) is 0 Å². The number of nitrogens with zero attached hydrogens (tertiary/aromatic N) is 2. The minimum absolute atomic E-state index is 0.00236. The molecule has 0 saturated heterocycles. The van der Waals surface area contributed by atoms with Gasteiger partial charge in [0.2, 0.25) is 0 Å². The van der Waals surface area contributed by atoms with Crippen molar-refractivity contribution >= 4 is 17.2 Å². The molecule has 0 unspecified atom stereocenters. The molecule has 84 valence electrons. The minimum Gasteiger partial charge on any atom is -0.337 e. The summed E-state index contributed by atoms with van der Waals surface area (Å²) in [6.07, 6.45) is 1.57. The zero-order chi connectivity index (χ0) is 11.5. The second-order valence-corrected chi connectivity index (χ2v) is 4.48. The molecular formula is C11H13N3OS. The highest BCUT2D eigenvalue weighted by Crippen LogP contribution is 2.12. The van der Waals surface area contributed by atoms with Crippen LogP contribution in [0, 0.1) is 6.92 Å². The lowest BCUT2D eigenvalue weighted by molar-refractivity contribution is 0.0784. The number of amides is 1. The number of carbonyl (C=O) groups is 1. The lowest BCUT2D eigenvalue weighted by Gasteiger charge is -2.15. The van der Waals surface area contributed by atoms with Gasteiger partial charge >= 0.3 is 0 Å². The van der Waals surface area contributed by atoms with Gasteiger partial charge in [-0.2, -0.15) is 16.4 Å². The van der Waals surface area contributed by atoms with E-state index in [0.717, 1.165) is 11.3 Å². The molecule has 0 saturated carbocycles. The maximum Gasteiger partial charge on any atom is 0.257 e. The summed E-state index contributed by atoms with van der Waals surface area (Å²) in [5.41, 5.74) is 2.60. The number of thiophene rings is 1. The first kappa shape index (κ1) is 10.9. The molecule has 1 N–H and O–H groups in total. The molecule has 0 bridgehead atoms. The number of nitrogens with one attached hydrogen (secondary N) is 1. The summed E-state index contributed by atoms with van der Waals surface area (Å²) in [5.74, 6) is -0.00236. The number of rotatable bonds is 3. The van der Waals surface area contributed by atoms with Crippen LogP contribution in [-0.4, -0.2) is 28.1 Å². The van der Waals surface area contributed by atoms with Gasteiger partial charge in [0.1, 0.15) is 0 Å². The number of hydrogen-bond donors (Lipinski definition) is 1. The van der Waals surface area contributed by atoms with Crippen LogP contribution in [0.4, 0.5) is 0 Å². The van der Waals surface area contributed by atoms with Gasteiger partial charge in [-0.25, -0.2) is 0 Å². The highest BCUT2D eigenvalue weighted by atomic mass is 32.1. The van der Waals surface area contributed by atoms with Crippen LogP contribution in [0.3, 0.4) is 0 Å². The van der Waals surface area contributed by atoms with Crippen LogP contribution < -0.4 is 0 Å². The number of aromatic amines is 1. The summed E-state index contributed by atoms with van der Waals surface area (Å²) in [4.78, 5) is 13.7. The fraction of sp³-hybridized carbons (Fsp3) is 0.273. The second kappa shape index (κ2) is 4.49. The Hall–Kier alpha value is -1.62. The quantitative estimate of drug-likeness (QED) is 0.885. The van der Waals surface area contributed by atoms with Crippen molar-refractivity contribution in [1.82, 2.24) is 15.1 Å². The van der Waals surface area contributed by atoms with Crippen LogP contribution in [0.1, 0.15) is 21.6 Å². The Morgan fingerprint density at radius 3 is 3.00 bits per heavy atom. The third-order valence-electron chi connectivity index (χ3n) is 2.41. The van der Waals surface area contributed by atoms with Crippen LogP contribution in [0.2, 0.25) is 0 Å². The van der Waals surface area contributed by atoms with Gasteiger partial charge in [0, 0.05) is 19.3 Å². The van der Waals surface area contributed by atoms with E-state index in [2.05, 4.69) is 10.2 Å². The SMILES string of the molecule is Cc1[nH]ncc1C(=O)N(C)Cc1ccsc1. The van der Waals surface area contributed by atoms with Crippen molar-refractivity contribution in [1.29, 1.82) is 0 Å². The van der Waals surface area contributed by atoms with Crippen LogP contribution >= 0.6 is 11.3 Å². The Kier molecular flexibility index (Phi) is 3.05. The molecule has 0 radical (unpaired) electrons. The van der Waals surface area contributed by atoms with Gasteiger partial charge in [0.05, 0.1) is 11.8 Å². The van der Waals surface area contributed by atoms with Crippen molar-refractivity contribution in [3.8, 4) is 0 Å². The number of hydrogen-bond acceptors (Lipinski definition) is 3. The van der Waals surface area contributed by atoms with Crippen LogP contribution in [0.15, 0.2) is 23.0 Å². The molecule has 0 aromatic carbocycles. The average molecular weight is 235 g/mol. The van der Waals surface area contributed by atoms with E-state index in [4.69, 9.17) is 0 Å². The summed E-state index contributed by atoms with van der Waals surface area (Å²) in [7, 11) is 1.80. The molecular weight excluding hydrogens is 222 g/mol. The maximum absolute atomic E-state index is 12.0. The third-order valence-corrected chi connectivity index (χ3v) is 3.14. The van der Waals surface area contributed by atoms with Crippen molar-refractivity contribution in [3.05, 3.63) is 39.8 Å². The lowest BCUT2D eigenvalue weighted by Crippen LogP contribution is -2.26. The van der Waals surface area contributed by atoms with E-state index < -0.39 is 0 Å². The van der Waals surface area contributed by atoms with Crippen molar-refractivity contribution in [2.45, 2.75) is 13.5 Å². The summed E-state index contributed by atoms with van der Waals surface area (Å²) < 4.78 is 0. The predicted octanol–water partition coefficient (Wildman–Crippen LogP) is 2.05. The van der Waals surface area contributed by atoms with Gasteiger partial charge in [-0.1, -0.05) is 0 Å². The molecule has 2 aromatic heterocycles. The Morgan fingerprint density at radius 1 is 1.62 bits per heavy atom. The van der Waals surface area contributed by atoms with Gasteiger partial charge in [0.25, 0.3) is 5.91 Å². The average Bonchev–Trinajstić information content (AvgIpc) is 2.88. The highest BCUT2D eigenvalue weighted by Gasteiger charge is 2.15. The maximum atomic E-state index is 12.0. The predicted molar refractivity (Wildman–Crippen MR) is 63.4 cm³/mol.